The molecule has 0 fully saturated rings. The van der Waals surface area contributed by atoms with Gasteiger partial charge in [-0.25, -0.2) is 0 Å². The van der Waals surface area contributed by atoms with Crippen LogP contribution in [0, 0.1) is 0 Å². The largest absolute Gasteiger partial charge is 0.337 e. The fraction of sp³-hybridized carbons (Fsp3) is 0.214. The number of aromatic nitrogens is 4. The van der Waals surface area contributed by atoms with Gasteiger partial charge in [0.25, 0.3) is 0 Å². The molecular formula is C14H15N5O. The fourth-order valence-electron chi connectivity index (χ4n) is 2.00. The van der Waals surface area contributed by atoms with Crippen LogP contribution in [0.2, 0.25) is 0 Å². The Labute approximate surface area is 116 Å². The third kappa shape index (κ3) is 2.60. The summed E-state index contributed by atoms with van der Waals surface area (Å²) >= 11 is 0. The van der Waals surface area contributed by atoms with Gasteiger partial charge in [0.05, 0.1) is 17.8 Å². The van der Waals surface area contributed by atoms with Crippen LogP contribution in [0.25, 0.3) is 11.4 Å². The van der Waals surface area contributed by atoms with Crippen molar-refractivity contribution < 1.29 is 4.52 Å². The summed E-state index contributed by atoms with van der Waals surface area (Å²) in [5, 5.41) is 8.02. The average molecular weight is 269 g/mol. The monoisotopic (exact) mass is 269 g/mol. The summed E-state index contributed by atoms with van der Waals surface area (Å²) in [7, 11) is 1.84. The minimum absolute atomic E-state index is 0.310. The number of aryl methyl sites for hydroxylation is 1. The third-order valence-electron chi connectivity index (χ3n) is 3.02. The van der Waals surface area contributed by atoms with Crippen LogP contribution in [0.4, 0.5) is 0 Å². The Morgan fingerprint density at radius 2 is 2.10 bits per heavy atom. The first-order valence-corrected chi connectivity index (χ1v) is 6.34. The van der Waals surface area contributed by atoms with E-state index in [2.05, 4.69) is 15.2 Å². The first kappa shape index (κ1) is 12.6. The molecule has 102 valence electrons. The quantitative estimate of drug-likeness (QED) is 0.779. The molecule has 0 spiro atoms. The van der Waals surface area contributed by atoms with Gasteiger partial charge in [-0.3, -0.25) is 4.68 Å². The molecule has 0 saturated heterocycles. The molecule has 0 aliphatic carbocycles. The molecule has 2 heterocycles. The number of hydrogen-bond donors (Lipinski definition) is 1. The molecule has 6 heteroatoms. The maximum atomic E-state index is 6.11. The second kappa shape index (κ2) is 5.26. The van der Waals surface area contributed by atoms with E-state index in [1.807, 2.05) is 43.6 Å². The molecule has 6 nitrogen and oxygen atoms in total. The second-order valence-corrected chi connectivity index (χ2v) is 4.66. The van der Waals surface area contributed by atoms with Gasteiger partial charge in [-0.1, -0.05) is 35.5 Å². The number of hydrogen-bond acceptors (Lipinski definition) is 5. The topological polar surface area (TPSA) is 82.8 Å². The van der Waals surface area contributed by atoms with Crippen molar-refractivity contribution >= 4 is 0 Å². The smallest absolute Gasteiger partial charge is 0.244 e. The number of benzene rings is 1. The molecule has 0 aliphatic rings. The van der Waals surface area contributed by atoms with Gasteiger partial charge in [-0.15, -0.1) is 0 Å². The molecule has 3 rings (SSSR count). The normalized spacial score (nSPS) is 12.5. The summed E-state index contributed by atoms with van der Waals surface area (Å²) in [4.78, 5) is 4.33. The average Bonchev–Trinajstić information content (AvgIpc) is 3.08. The van der Waals surface area contributed by atoms with Crippen molar-refractivity contribution in [2.45, 2.75) is 12.5 Å². The van der Waals surface area contributed by atoms with Gasteiger partial charge < -0.3 is 10.3 Å². The molecule has 3 aromatic rings. The van der Waals surface area contributed by atoms with Gasteiger partial charge >= 0.3 is 0 Å². The van der Waals surface area contributed by atoms with E-state index in [9.17, 15) is 0 Å². The highest BCUT2D eigenvalue weighted by Gasteiger charge is 2.16. The van der Waals surface area contributed by atoms with Crippen LogP contribution in [-0.4, -0.2) is 19.9 Å². The molecule has 20 heavy (non-hydrogen) atoms. The van der Waals surface area contributed by atoms with Crippen molar-refractivity contribution in [3.05, 3.63) is 54.2 Å². The van der Waals surface area contributed by atoms with E-state index < -0.39 is 0 Å². The summed E-state index contributed by atoms with van der Waals surface area (Å²) in [6.45, 7) is 0. The van der Waals surface area contributed by atoms with Gasteiger partial charge in [-0.05, 0) is 12.0 Å². The Bertz CT molecular complexity index is 688. The fourth-order valence-corrected chi connectivity index (χ4v) is 2.00. The van der Waals surface area contributed by atoms with Crippen LogP contribution in [0.1, 0.15) is 17.5 Å². The zero-order valence-electron chi connectivity index (χ0n) is 11.1. The molecule has 0 unspecified atom stereocenters. The van der Waals surface area contributed by atoms with Crippen LogP contribution < -0.4 is 5.73 Å². The predicted molar refractivity (Wildman–Crippen MR) is 73.6 cm³/mol. The second-order valence-electron chi connectivity index (χ2n) is 4.66. The van der Waals surface area contributed by atoms with Gasteiger partial charge in [0, 0.05) is 13.2 Å². The van der Waals surface area contributed by atoms with Gasteiger partial charge in [0.2, 0.25) is 11.7 Å². The first-order chi connectivity index (χ1) is 9.72. The van der Waals surface area contributed by atoms with Crippen LogP contribution >= 0.6 is 0 Å². The lowest BCUT2D eigenvalue weighted by molar-refractivity contribution is 0.354. The number of nitrogens with two attached hydrogens (primary N) is 1. The Balaban J connectivity index is 1.76. The molecule has 0 saturated carbocycles. The summed E-state index contributed by atoms with van der Waals surface area (Å²) in [5.74, 6) is 0.948. The van der Waals surface area contributed by atoms with E-state index in [0.717, 1.165) is 11.1 Å². The lowest BCUT2D eigenvalue weighted by Gasteiger charge is -2.05. The highest BCUT2D eigenvalue weighted by atomic mass is 16.5. The summed E-state index contributed by atoms with van der Waals surface area (Å²) in [6, 6.07) is 9.68. The van der Waals surface area contributed by atoms with E-state index >= 15 is 0 Å². The molecule has 0 bridgehead atoms. The van der Waals surface area contributed by atoms with E-state index in [-0.39, 0.29) is 6.04 Å². The van der Waals surface area contributed by atoms with Crippen molar-refractivity contribution in [3.63, 3.8) is 0 Å². The third-order valence-corrected chi connectivity index (χ3v) is 3.02. The zero-order chi connectivity index (χ0) is 13.9. The van der Waals surface area contributed by atoms with Crippen LogP contribution in [0.15, 0.2) is 47.2 Å². The van der Waals surface area contributed by atoms with E-state index in [4.69, 9.17) is 10.3 Å². The molecule has 2 N–H and O–H groups in total. The van der Waals surface area contributed by atoms with Crippen molar-refractivity contribution in [2.24, 2.45) is 12.8 Å². The maximum absolute atomic E-state index is 6.11. The minimum atomic E-state index is -0.310. The van der Waals surface area contributed by atoms with Crippen molar-refractivity contribution in [1.82, 2.24) is 19.9 Å². The lowest BCUT2D eigenvalue weighted by atomic mass is 10.1. The molecular weight excluding hydrogens is 254 g/mol. The molecule has 2 aromatic heterocycles. The molecule has 1 atom stereocenters. The van der Waals surface area contributed by atoms with Crippen molar-refractivity contribution in [3.8, 4) is 11.4 Å². The Kier molecular flexibility index (Phi) is 3.30. The molecule has 0 amide bonds. The minimum Gasteiger partial charge on any atom is -0.337 e. The Morgan fingerprint density at radius 1 is 1.30 bits per heavy atom. The highest BCUT2D eigenvalue weighted by Crippen LogP contribution is 2.19. The summed E-state index contributed by atoms with van der Waals surface area (Å²) < 4.78 is 6.93. The molecule has 1 aromatic carbocycles. The predicted octanol–water partition coefficient (Wildman–Crippen LogP) is 1.71. The van der Waals surface area contributed by atoms with Crippen LogP contribution in [0.5, 0.6) is 0 Å². The summed E-state index contributed by atoms with van der Waals surface area (Å²) in [5.41, 5.74) is 8.06. The maximum Gasteiger partial charge on any atom is 0.244 e. The standard InChI is InChI=1S/C14H15N5O/c1-19-9-11(8-16-19)13-17-14(20-18-13)12(15)7-10-5-3-2-4-6-10/h2-6,8-9,12H,7,15H2,1H3/t12-/m1/s1. The van der Waals surface area contributed by atoms with E-state index in [0.29, 0.717) is 18.1 Å². The first-order valence-electron chi connectivity index (χ1n) is 6.34. The lowest BCUT2D eigenvalue weighted by Crippen LogP contribution is -2.13. The van der Waals surface area contributed by atoms with E-state index in [1.54, 1.807) is 10.9 Å². The van der Waals surface area contributed by atoms with Gasteiger partial charge in [-0.2, -0.15) is 10.1 Å². The SMILES string of the molecule is Cn1cc(-c2noc([C@H](N)Cc3ccccc3)n2)cn1. The molecule has 0 radical (unpaired) electrons. The van der Waals surface area contributed by atoms with Crippen molar-refractivity contribution in [1.29, 1.82) is 0 Å². The Morgan fingerprint density at radius 3 is 2.80 bits per heavy atom. The molecule has 0 aliphatic heterocycles. The van der Waals surface area contributed by atoms with Crippen LogP contribution in [0.3, 0.4) is 0 Å². The Hall–Kier alpha value is -2.47. The highest BCUT2D eigenvalue weighted by molar-refractivity contribution is 5.51. The zero-order valence-corrected chi connectivity index (χ0v) is 11.1. The van der Waals surface area contributed by atoms with E-state index in [1.165, 1.54) is 0 Å². The van der Waals surface area contributed by atoms with Crippen LogP contribution in [-0.2, 0) is 13.5 Å². The summed E-state index contributed by atoms with van der Waals surface area (Å²) in [6.07, 6.45) is 4.18. The number of nitrogens with zero attached hydrogens (tertiary/aromatic N) is 4. The van der Waals surface area contributed by atoms with Crippen molar-refractivity contribution in [2.75, 3.05) is 0 Å². The van der Waals surface area contributed by atoms with Gasteiger partial charge in [0.1, 0.15) is 0 Å². The number of rotatable bonds is 4. The van der Waals surface area contributed by atoms with Gasteiger partial charge in [0.15, 0.2) is 0 Å².